The molecule has 1 rings (SSSR count). The lowest BCUT2D eigenvalue weighted by Crippen LogP contribution is -1.82. The van der Waals surface area contributed by atoms with E-state index in [0.717, 1.165) is 11.8 Å². The van der Waals surface area contributed by atoms with Gasteiger partial charge in [-0.25, -0.2) is 0 Å². The van der Waals surface area contributed by atoms with Gasteiger partial charge in [-0.1, -0.05) is 46.3 Å². The molecule has 0 saturated carbocycles. The van der Waals surface area contributed by atoms with Crippen LogP contribution in [0.1, 0.15) is 5.56 Å². The summed E-state index contributed by atoms with van der Waals surface area (Å²) in [6.45, 7) is 0. The van der Waals surface area contributed by atoms with Crippen molar-refractivity contribution in [2.24, 2.45) is 0 Å². The Kier molecular flexibility index (Phi) is 3.05. The Hall–Kier alpha value is -0.890. The summed E-state index contributed by atoms with van der Waals surface area (Å²) in [6.07, 6.45) is 0.823. The highest BCUT2D eigenvalue weighted by atomic mass is 79.9. The van der Waals surface area contributed by atoms with Crippen LogP contribution in [0.15, 0.2) is 35.3 Å². The Morgan fingerprint density at radius 2 is 1.91 bits per heavy atom. The number of rotatable bonds is 2. The molecule has 0 amide bonds. The Morgan fingerprint density at radius 3 is 2.36 bits per heavy atom. The van der Waals surface area contributed by atoms with E-state index >= 15 is 0 Å². The lowest BCUT2D eigenvalue weighted by Gasteiger charge is -1.95. The first-order valence-electron chi connectivity index (χ1n) is 3.19. The minimum Gasteiger partial charge on any atom is -0.298 e. The minimum atomic E-state index is 0.658. The van der Waals surface area contributed by atoms with Crippen molar-refractivity contribution in [3.05, 3.63) is 40.9 Å². The third-order valence-electron chi connectivity index (χ3n) is 1.35. The summed E-state index contributed by atoms with van der Waals surface area (Å²) in [5.74, 6) is 0. The van der Waals surface area contributed by atoms with Crippen molar-refractivity contribution in [3.8, 4) is 0 Å². The van der Waals surface area contributed by atoms with Gasteiger partial charge in [0.15, 0.2) is 6.29 Å². The Bertz CT molecular complexity index is 264. The van der Waals surface area contributed by atoms with Gasteiger partial charge in [-0.15, -0.1) is 0 Å². The first-order valence-corrected chi connectivity index (χ1v) is 4.11. The van der Waals surface area contributed by atoms with Gasteiger partial charge in [0.05, 0.1) is 0 Å². The fraction of sp³-hybridized carbons (Fsp3) is 0. The quantitative estimate of drug-likeness (QED) is 0.542. The van der Waals surface area contributed by atoms with Crippen molar-refractivity contribution in [2.45, 2.75) is 0 Å². The summed E-state index contributed by atoms with van der Waals surface area (Å²) in [5.41, 5.74) is 1.59. The summed E-state index contributed by atoms with van der Waals surface area (Å²) in [7, 11) is 0. The van der Waals surface area contributed by atoms with E-state index in [1.807, 2.05) is 30.3 Å². The molecule has 0 bridgehead atoms. The monoisotopic (exact) mass is 210 g/mol. The van der Waals surface area contributed by atoms with Crippen LogP contribution in [0, 0.1) is 0 Å². The van der Waals surface area contributed by atoms with Crippen molar-refractivity contribution in [3.63, 3.8) is 0 Å². The Morgan fingerprint density at radius 1 is 1.27 bits per heavy atom. The maximum atomic E-state index is 10.4. The number of allylic oxidation sites excluding steroid dienone is 1. The molecule has 0 unspecified atom stereocenters. The van der Waals surface area contributed by atoms with E-state index in [2.05, 4.69) is 15.9 Å². The van der Waals surface area contributed by atoms with Crippen LogP contribution in [0.25, 0.3) is 5.57 Å². The molecule has 56 valence electrons. The maximum Gasteiger partial charge on any atom is 0.151 e. The fourth-order valence-corrected chi connectivity index (χ4v) is 1.16. The number of carbonyl (C=O) groups excluding carboxylic acids is 1. The third-order valence-corrected chi connectivity index (χ3v) is 1.84. The summed E-state index contributed by atoms with van der Waals surface area (Å²) in [4.78, 5) is 12.1. The summed E-state index contributed by atoms with van der Waals surface area (Å²) in [5, 5.41) is 0. The van der Waals surface area contributed by atoms with E-state index < -0.39 is 0 Å². The summed E-state index contributed by atoms with van der Waals surface area (Å²) < 4.78 is 0. The molecular formula is C9H7BrO. The van der Waals surface area contributed by atoms with Crippen molar-refractivity contribution in [2.75, 3.05) is 0 Å². The van der Waals surface area contributed by atoms with Gasteiger partial charge in [0, 0.05) is 5.57 Å². The van der Waals surface area contributed by atoms with Crippen LogP contribution < -0.4 is 0 Å². The zero-order valence-corrected chi connectivity index (χ0v) is 7.41. The maximum absolute atomic E-state index is 10.4. The molecule has 0 saturated heterocycles. The highest BCUT2D eigenvalue weighted by Gasteiger charge is 1.95. The lowest BCUT2D eigenvalue weighted by atomic mass is 10.1. The van der Waals surface area contributed by atoms with Gasteiger partial charge in [-0.05, 0) is 10.5 Å². The lowest BCUT2D eigenvalue weighted by molar-refractivity contribution is -0.103. The zero-order chi connectivity index (χ0) is 8.10. The standard InChI is InChI=1S/C9H7BrO/c10-6-9(7-11)8-4-2-1-3-5-8/h1-7H. The Labute approximate surface area is 73.9 Å². The van der Waals surface area contributed by atoms with E-state index in [-0.39, 0.29) is 0 Å². The van der Waals surface area contributed by atoms with Crippen LogP contribution in [0.4, 0.5) is 0 Å². The molecule has 0 aliphatic rings. The molecule has 0 radical (unpaired) electrons. The number of benzene rings is 1. The van der Waals surface area contributed by atoms with Crippen molar-refractivity contribution >= 4 is 27.8 Å². The highest BCUT2D eigenvalue weighted by molar-refractivity contribution is 9.11. The van der Waals surface area contributed by atoms with Crippen molar-refractivity contribution in [1.82, 2.24) is 0 Å². The minimum absolute atomic E-state index is 0.658. The molecule has 0 aliphatic carbocycles. The molecule has 0 spiro atoms. The number of aldehydes is 1. The molecule has 11 heavy (non-hydrogen) atoms. The van der Waals surface area contributed by atoms with Crippen LogP contribution in [0.5, 0.6) is 0 Å². The molecule has 0 heterocycles. The van der Waals surface area contributed by atoms with E-state index in [4.69, 9.17) is 0 Å². The van der Waals surface area contributed by atoms with Crippen LogP contribution in [-0.4, -0.2) is 6.29 Å². The smallest absolute Gasteiger partial charge is 0.151 e. The number of hydrogen-bond acceptors (Lipinski definition) is 1. The predicted molar refractivity (Wildman–Crippen MR) is 49.4 cm³/mol. The van der Waals surface area contributed by atoms with Crippen molar-refractivity contribution < 1.29 is 4.79 Å². The predicted octanol–water partition coefficient (Wildman–Crippen LogP) is 2.62. The summed E-state index contributed by atoms with van der Waals surface area (Å²) in [6, 6.07) is 9.49. The third kappa shape index (κ3) is 2.02. The normalized spacial score (nSPS) is 11.2. The average Bonchev–Trinajstić information content (AvgIpc) is 2.09. The fourth-order valence-electron chi connectivity index (χ4n) is 0.787. The molecule has 1 nitrogen and oxygen atoms in total. The van der Waals surface area contributed by atoms with Gasteiger partial charge in [-0.3, -0.25) is 4.79 Å². The molecule has 1 aromatic rings. The molecule has 0 atom stereocenters. The van der Waals surface area contributed by atoms with Gasteiger partial charge >= 0.3 is 0 Å². The van der Waals surface area contributed by atoms with E-state index in [9.17, 15) is 4.79 Å². The van der Waals surface area contributed by atoms with E-state index in [1.54, 1.807) is 4.99 Å². The number of carbonyl (C=O) groups is 1. The van der Waals surface area contributed by atoms with Gasteiger partial charge in [0.2, 0.25) is 0 Å². The number of halogens is 1. The molecule has 0 aliphatic heterocycles. The SMILES string of the molecule is O=CC(=CBr)c1ccccc1. The van der Waals surface area contributed by atoms with Crippen molar-refractivity contribution in [1.29, 1.82) is 0 Å². The second-order valence-corrected chi connectivity index (χ2v) is 2.51. The van der Waals surface area contributed by atoms with Gasteiger partial charge in [-0.2, -0.15) is 0 Å². The van der Waals surface area contributed by atoms with Crippen LogP contribution in [0.3, 0.4) is 0 Å². The largest absolute Gasteiger partial charge is 0.298 e. The molecule has 0 aromatic heterocycles. The second-order valence-electron chi connectivity index (χ2n) is 2.05. The van der Waals surface area contributed by atoms with Gasteiger partial charge in [0.25, 0.3) is 0 Å². The van der Waals surface area contributed by atoms with Gasteiger partial charge in [0.1, 0.15) is 0 Å². The van der Waals surface area contributed by atoms with Gasteiger partial charge < -0.3 is 0 Å². The Balaban J connectivity index is 3.01. The average molecular weight is 211 g/mol. The first-order chi connectivity index (χ1) is 5.38. The highest BCUT2D eigenvalue weighted by Crippen LogP contribution is 2.12. The van der Waals surface area contributed by atoms with Crippen LogP contribution in [0.2, 0.25) is 0 Å². The molecule has 0 N–H and O–H groups in total. The van der Waals surface area contributed by atoms with E-state index in [0.29, 0.717) is 5.57 Å². The summed E-state index contributed by atoms with van der Waals surface area (Å²) >= 11 is 3.12. The molecule has 2 heteroatoms. The first kappa shape index (κ1) is 8.21. The zero-order valence-electron chi connectivity index (χ0n) is 5.83. The van der Waals surface area contributed by atoms with Crippen LogP contribution >= 0.6 is 15.9 Å². The van der Waals surface area contributed by atoms with E-state index in [1.165, 1.54) is 0 Å². The molecular weight excluding hydrogens is 204 g/mol. The molecule has 1 aromatic carbocycles. The topological polar surface area (TPSA) is 17.1 Å². The second kappa shape index (κ2) is 4.09. The van der Waals surface area contributed by atoms with Crippen LogP contribution in [-0.2, 0) is 4.79 Å². The molecule has 0 fully saturated rings. The number of hydrogen-bond donors (Lipinski definition) is 0.